The van der Waals surface area contributed by atoms with E-state index in [1.165, 1.54) is 11.2 Å². The number of nitrogens with one attached hydrogen (secondary N) is 1. The van der Waals surface area contributed by atoms with Gasteiger partial charge < -0.3 is 9.64 Å². The number of anilines is 1. The van der Waals surface area contributed by atoms with E-state index in [-0.39, 0.29) is 35.0 Å². The number of halogens is 4. The molecule has 3 aromatic rings. The first kappa shape index (κ1) is 31.7. The number of carbonyl (C=O) groups excluding carboxylic acids is 2. The van der Waals surface area contributed by atoms with Crippen LogP contribution < -0.4 is 5.43 Å². The first-order valence-electron chi connectivity index (χ1n) is 13.7. The zero-order chi connectivity index (χ0) is 31.0. The van der Waals surface area contributed by atoms with Crippen LogP contribution in [0.3, 0.4) is 0 Å². The third-order valence-electron chi connectivity index (χ3n) is 7.06. The number of benzene rings is 2. The van der Waals surface area contributed by atoms with Gasteiger partial charge in [-0.25, -0.2) is 14.8 Å². The topological polar surface area (TPSA) is 111 Å². The van der Waals surface area contributed by atoms with Crippen molar-refractivity contribution in [2.45, 2.75) is 57.0 Å². The van der Waals surface area contributed by atoms with Gasteiger partial charge in [-0.1, -0.05) is 66.9 Å². The van der Waals surface area contributed by atoms with Crippen LogP contribution in [0.15, 0.2) is 60.8 Å². The summed E-state index contributed by atoms with van der Waals surface area (Å²) >= 11 is 6.23. The van der Waals surface area contributed by atoms with Crippen LogP contribution in [0, 0.1) is 11.3 Å². The molecule has 2 aromatic carbocycles. The normalized spacial score (nSPS) is 14.3. The number of esters is 1. The molecular weight excluding hydrogens is 585 g/mol. The summed E-state index contributed by atoms with van der Waals surface area (Å²) in [5, 5.41) is 10.8. The van der Waals surface area contributed by atoms with Crippen LogP contribution in [0.2, 0.25) is 5.02 Å². The molecular formula is C30H30ClF3N6O3. The lowest BCUT2D eigenvalue weighted by molar-refractivity contribution is -0.205. The van der Waals surface area contributed by atoms with E-state index < -0.39 is 18.2 Å². The summed E-state index contributed by atoms with van der Waals surface area (Å²) in [6.45, 7) is 0.788. The maximum atomic E-state index is 13.6. The van der Waals surface area contributed by atoms with Gasteiger partial charge in [-0.2, -0.15) is 23.4 Å². The molecule has 0 saturated heterocycles. The summed E-state index contributed by atoms with van der Waals surface area (Å²) in [7, 11) is 1.80. The molecule has 1 heterocycles. The molecule has 1 N–H and O–H groups in total. The van der Waals surface area contributed by atoms with Crippen molar-refractivity contribution in [3.63, 3.8) is 0 Å². The molecule has 4 rings (SSSR count). The molecule has 0 spiro atoms. The summed E-state index contributed by atoms with van der Waals surface area (Å²) in [5.74, 6) is -2.41. The average Bonchev–Trinajstić information content (AvgIpc) is 3.53. The van der Waals surface area contributed by atoms with E-state index in [0.717, 1.165) is 31.2 Å². The van der Waals surface area contributed by atoms with Gasteiger partial charge in [0.05, 0.1) is 12.2 Å². The monoisotopic (exact) mass is 614 g/mol. The van der Waals surface area contributed by atoms with Crippen molar-refractivity contribution in [1.29, 1.82) is 5.26 Å². The number of nitrogens with zero attached hydrogens (tertiary/aromatic N) is 5. The highest BCUT2D eigenvalue weighted by molar-refractivity contribution is 6.32. The van der Waals surface area contributed by atoms with Gasteiger partial charge in [-0.3, -0.25) is 10.2 Å². The van der Waals surface area contributed by atoms with E-state index in [4.69, 9.17) is 21.6 Å². The summed E-state index contributed by atoms with van der Waals surface area (Å²) in [5.41, 5.74) is 4.79. The van der Waals surface area contributed by atoms with E-state index in [1.807, 2.05) is 11.0 Å². The van der Waals surface area contributed by atoms with Crippen LogP contribution in [-0.4, -0.2) is 57.6 Å². The number of aromatic nitrogens is 2. The lowest BCUT2D eigenvalue weighted by Crippen LogP contribution is -2.43. The van der Waals surface area contributed by atoms with Crippen molar-refractivity contribution < 1.29 is 27.5 Å². The van der Waals surface area contributed by atoms with Crippen molar-refractivity contribution in [3.05, 3.63) is 88.3 Å². The highest BCUT2D eigenvalue weighted by atomic mass is 35.5. The number of carbonyl (C=O) groups is 2. The fourth-order valence-corrected chi connectivity index (χ4v) is 4.99. The molecule has 226 valence electrons. The second kappa shape index (κ2) is 14.3. The number of hydrogen-bond donors (Lipinski definition) is 1. The zero-order valence-corrected chi connectivity index (χ0v) is 24.1. The van der Waals surface area contributed by atoms with E-state index >= 15 is 0 Å². The van der Waals surface area contributed by atoms with E-state index in [9.17, 15) is 22.8 Å². The van der Waals surface area contributed by atoms with Crippen molar-refractivity contribution in [2.24, 2.45) is 0 Å². The first-order chi connectivity index (χ1) is 20.5. The SMILES string of the molecule is CN(CCC(OC(=O)C(F)(F)F)c1ccccc1)Cc1ccc(C(=O)N(Nc2nc(C#N)ncc2Cl)C2CCCC2)cc1. The Labute approximate surface area is 252 Å². The van der Waals surface area contributed by atoms with Crippen molar-refractivity contribution in [1.82, 2.24) is 19.9 Å². The van der Waals surface area contributed by atoms with Crippen LogP contribution in [-0.2, 0) is 16.1 Å². The van der Waals surface area contributed by atoms with E-state index in [1.54, 1.807) is 61.6 Å². The highest BCUT2D eigenvalue weighted by Crippen LogP contribution is 2.29. The Morgan fingerprint density at radius 2 is 1.81 bits per heavy atom. The Morgan fingerprint density at radius 3 is 2.44 bits per heavy atom. The highest BCUT2D eigenvalue weighted by Gasteiger charge is 2.42. The van der Waals surface area contributed by atoms with E-state index in [2.05, 4.69) is 15.4 Å². The van der Waals surface area contributed by atoms with Crippen LogP contribution >= 0.6 is 11.6 Å². The van der Waals surface area contributed by atoms with Gasteiger partial charge in [0.2, 0.25) is 5.82 Å². The molecule has 1 aliphatic rings. The van der Waals surface area contributed by atoms with Gasteiger partial charge in [0.25, 0.3) is 5.91 Å². The van der Waals surface area contributed by atoms with Crippen molar-refractivity contribution in [2.75, 3.05) is 19.0 Å². The van der Waals surface area contributed by atoms with Crippen LogP contribution in [0.5, 0.6) is 0 Å². The average molecular weight is 615 g/mol. The van der Waals surface area contributed by atoms with Gasteiger partial charge in [-0.05, 0) is 43.1 Å². The predicted octanol–water partition coefficient (Wildman–Crippen LogP) is 6.08. The Kier molecular flexibility index (Phi) is 10.6. The van der Waals surface area contributed by atoms with Crippen LogP contribution in [0.25, 0.3) is 0 Å². The summed E-state index contributed by atoms with van der Waals surface area (Å²) in [4.78, 5) is 35.0. The minimum atomic E-state index is -5.08. The second-order valence-electron chi connectivity index (χ2n) is 10.3. The van der Waals surface area contributed by atoms with Gasteiger partial charge in [0, 0.05) is 25.1 Å². The summed E-state index contributed by atoms with van der Waals surface area (Å²) < 4.78 is 43.4. The Bertz CT molecular complexity index is 1440. The quantitative estimate of drug-likeness (QED) is 0.204. The zero-order valence-electron chi connectivity index (χ0n) is 23.4. The number of ether oxygens (including phenoxy) is 1. The summed E-state index contributed by atoms with van der Waals surface area (Å²) in [6.07, 6.45) is -1.12. The molecule has 1 unspecified atom stereocenters. The maximum Gasteiger partial charge on any atom is 0.490 e. The number of hydrazine groups is 1. The lowest BCUT2D eigenvalue weighted by atomic mass is 10.1. The predicted molar refractivity (Wildman–Crippen MR) is 153 cm³/mol. The standard InChI is InChI=1S/C30H30ClF3N6O3/c1-39(16-15-25(21-7-3-2-4-8-21)43-29(42)30(32,33)34)19-20-11-13-22(14-12-20)28(41)40(23-9-5-6-10-23)38-27-24(31)18-36-26(17-35)37-27/h2-4,7-8,11-14,18,23,25H,5-6,9-10,15-16,19H2,1H3,(H,36,37,38). The molecule has 1 atom stereocenters. The van der Waals surface area contributed by atoms with Crippen LogP contribution in [0.1, 0.15) is 65.5 Å². The molecule has 13 heteroatoms. The molecule has 0 radical (unpaired) electrons. The number of nitriles is 1. The molecule has 1 aliphatic carbocycles. The Balaban J connectivity index is 1.41. The molecule has 43 heavy (non-hydrogen) atoms. The first-order valence-corrected chi connectivity index (χ1v) is 14.1. The lowest BCUT2D eigenvalue weighted by Gasteiger charge is -2.30. The molecule has 1 aromatic heterocycles. The molecule has 1 fully saturated rings. The van der Waals surface area contributed by atoms with Gasteiger partial charge in [-0.15, -0.1) is 0 Å². The number of rotatable bonds is 11. The van der Waals surface area contributed by atoms with E-state index in [0.29, 0.717) is 24.2 Å². The Hall–Kier alpha value is -4.21. The minimum absolute atomic E-state index is 0.0761. The third kappa shape index (κ3) is 8.65. The largest absolute Gasteiger partial charge is 0.490 e. The van der Waals surface area contributed by atoms with Crippen LogP contribution in [0.4, 0.5) is 19.0 Å². The number of alkyl halides is 3. The molecule has 1 amide bonds. The minimum Gasteiger partial charge on any atom is -0.451 e. The summed E-state index contributed by atoms with van der Waals surface area (Å²) in [6, 6.07) is 17.1. The Morgan fingerprint density at radius 1 is 1.14 bits per heavy atom. The molecule has 0 bridgehead atoms. The molecule has 1 saturated carbocycles. The number of hydrogen-bond acceptors (Lipinski definition) is 8. The third-order valence-corrected chi connectivity index (χ3v) is 7.33. The van der Waals surface area contributed by atoms with Gasteiger partial charge in [0.1, 0.15) is 17.2 Å². The van der Waals surface area contributed by atoms with Gasteiger partial charge in [0.15, 0.2) is 5.82 Å². The fraction of sp³-hybridized carbons (Fsp3) is 0.367. The second-order valence-corrected chi connectivity index (χ2v) is 10.7. The molecule has 9 nitrogen and oxygen atoms in total. The molecule has 0 aliphatic heterocycles. The fourth-order valence-electron chi connectivity index (χ4n) is 4.86. The van der Waals surface area contributed by atoms with Crippen molar-refractivity contribution >= 4 is 29.3 Å². The van der Waals surface area contributed by atoms with Crippen molar-refractivity contribution in [3.8, 4) is 6.07 Å². The maximum absolute atomic E-state index is 13.6. The van der Waals surface area contributed by atoms with Gasteiger partial charge >= 0.3 is 12.1 Å². The smallest absolute Gasteiger partial charge is 0.451 e. The number of amides is 1.